The molecule has 1 unspecified atom stereocenters. The first-order valence-electron chi connectivity index (χ1n) is 9.55. The molecule has 0 saturated carbocycles. The van der Waals surface area contributed by atoms with Crippen LogP contribution >= 0.6 is 0 Å². The van der Waals surface area contributed by atoms with Crippen LogP contribution in [-0.4, -0.2) is 59.9 Å². The molecule has 1 aromatic heterocycles. The van der Waals surface area contributed by atoms with Crippen LogP contribution in [0.25, 0.3) is 0 Å². The van der Waals surface area contributed by atoms with Gasteiger partial charge in [-0.05, 0) is 30.5 Å². The predicted octanol–water partition coefficient (Wildman–Crippen LogP) is 1.92. The average molecular weight is 367 g/mol. The molecule has 1 atom stereocenters. The zero-order valence-corrected chi connectivity index (χ0v) is 15.4. The number of benzene rings is 1. The quantitative estimate of drug-likeness (QED) is 0.871. The van der Waals surface area contributed by atoms with Gasteiger partial charge in [0, 0.05) is 39.3 Å². The van der Waals surface area contributed by atoms with E-state index >= 15 is 0 Å². The highest BCUT2D eigenvalue weighted by Crippen LogP contribution is 2.17. The minimum atomic E-state index is -0.357. The molecule has 7 nitrogen and oxygen atoms in total. The van der Waals surface area contributed by atoms with Crippen molar-refractivity contribution in [2.24, 2.45) is 0 Å². The maximum atomic E-state index is 12.1. The molecule has 2 saturated heterocycles. The van der Waals surface area contributed by atoms with Gasteiger partial charge in [-0.25, -0.2) is 0 Å². The molecule has 142 valence electrons. The Morgan fingerprint density at radius 1 is 1.07 bits per heavy atom. The summed E-state index contributed by atoms with van der Waals surface area (Å²) in [6.45, 7) is 5.46. The lowest BCUT2D eigenvalue weighted by molar-refractivity contribution is -0.124. The molecule has 0 radical (unpaired) electrons. The number of piperazine rings is 1. The summed E-state index contributed by atoms with van der Waals surface area (Å²) in [5.74, 6) is 1.19. The van der Waals surface area contributed by atoms with E-state index in [0.717, 1.165) is 51.4 Å². The number of nitrogens with zero attached hydrogens (tertiary/aromatic N) is 4. The summed E-state index contributed by atoms with van der Waals surface area (Å²) < 4.78 is 5.39. The van der Waals surface area contributed by atoms with E-state index in [4.69, 9.17) is 4.74 Å². The van der Waals surface area contributed by atoms with Crippen LogP contribution in [0.2, 0.25) is 0 Å². The Labute approximate surface area is 159 Å². The number of rotatable bonds is 5. The molecule has 2 aromatic rings. The Bertz CT molecular complexity index is 739. The Morgan fingerprint density at radius 2 is 1.89 bits per heavy atom. The van der Waals surface area contributed by atoms with Gasteiger partial charge in [0.25, 0.3) is 5.91 Å². The van der Waals surface area contributed by atoms with E-state index in [-0.39, 0.29) is 12.0 Å². The lowest BCUT2D eigenvalue weighted by Gasteiger charge is -2.35. The largest absolute Gasteiger partial charge is 0.368 e. The van der Waals surface area contributed by atoms with Crippen LogP contribution in [-0.2, 0) is 16.1 Å². The normalized spacial score (nSPS) is 20.6. The molecule has 0 aliphatic carbocycles. The van der Waals surface area contributed by atoms with Gasteiger partial charge in [0.1, 0.15) is 6.10 Å². The highest BCUT2D eigenvalue weighted by molar-refractivity contribution is 5.93. The van der Waals surface area contributed by atoms with E-state index in [1.165, 1.54) is 5.56 Å². The zero-order valence-electron chi connectivity index (χ0n) is 15.4. The third kappa shape index (κ3) is 4.61. The van der Waals surface area contributed by atoms with E-state index in [2.05, 4.69) is 49.6 Å². The summed E-state index contributed by atoms with van der Waals surface area (Å²) in [7, 11) is 0. The van der Waals surface area contributed by atoms with Gasteiger partial charge in [0.05, 0.1) is 0 Å². The third-order valence-electron chi connectivity index (χ3n) is 5.07. The van der Waals surface area contributed by atoms with Crippen LogP contribution in [0.15, 0.2) is 42.5 Å². The fourth-order valence-electron chi connectivity index (χ4n) is 3.53. The Balaban J connectivity index is 1.27. The Hall–Kier alpha value is -2.51. The number of nitrogens with one attached hydrogen (secondary N) is 1. The summed E-state index contributed by atoms with van der Waals surface area (Å²) in [5, 5.41) is 11.2. The first-order valence-corrected chi connectivity index (χ1v) is 9.55. The minimum Gasteiger partial charge on any atom is -0.368 e. The second-order valence-electron chi connectivity index (χ2n) is 7.02. The van der Waals surface area contributed by atoms with Crippen molar-refractivity contribution in [1.29, 1.82) is 0 Å². The molecule has 7 heteroatoms. The number of carbonyl (C=O) groups is 1. The van der Waals surface area contributed by atoms with Crippen LogP contribution in [0.4, 0.5) is 11.6 Å². The number of amides is 1. The van der Waals surface area contributed by atoms with E-state index in [9.17, 15) is 4.79 Å². The van der Waals surface area contributed by atoms with Crippen molar-refractivity contribution < 1.29 is 9.53 Å². The highest BCUT2D eigenvalue weighted by Gasteiger charge is 2.24. The van der Waals surface area contributed by atoms with Gasteiger partial charge in [-0.1, -0.05) is 30.3 Å². The van der Waals surface area contributed by atoms with Crippen LogP contribution in [0.5, 0.6) is 0 Å². The molecular formula is C20H25N5O2. The number of hydrogen-bond acceptors (Lipinski definition) is 6. The number of carbonyl (C=O) groups excluding carboxylic acids is 1. The zero-order chi connectivity index (χ0) is 18.5. The molecular weight excluding hydrogens is 342 g/mol. The SMILES string of the molecule is O=C(Nc1ccc(N2CCN(Cc3ccccc3)CC2)nn1)C1CCCO1. The van der Waals surface area contributed by atoms with Crippen LogP contribution < -0.4 is 10.2 Å². The summed E-state index contributed by atoms with van der Waals surface area (Å²) in [5.41, 5.74) is 1.34. The summed E-state index contributed by atoms with van der Waals surface area (Å²) in [6.07, 6.45) is 1.34. The Morgan fingerprint density at radius 3 is 2.56 bits per heavy atom. The van der Waals surface area contributed by atoms with Gasteiger partial charge in [-0.3, -0.25) is 9.69 Å². The van der Waals surface area contributed by atoms with Crippen molar-refractivity contribution in [2.75, 3.05) is 43.0 Å². The number of anilines is 2. The van der Waals surface area contributed by atoms with Crippen molar-refractivity contribution in [3.8, 4) is 0 Å². The molecule has 0 spiro atoms. The molecule has 3 heterocycles. The topological polar surface area (TPSA) is 70.6 Å². The smallest absolute Gasteiger partial charge is 0.254 e. The van der Waals surface area contributed by atoms with E-state index in [1.807, 2.05) is 18.2 Å². The molecule has 0 bridgehead atoms. The van der Waals surface area contributed by atoms with Gasteiger partial charge in [-0.2, -0.15) is 0 Å². The third-order valence-corrected chi connectivity index (χ3v) is 5.07. The first kappa shape index (κ1) is 17.9. The maximum Gasteiger partial charge on any atom is 0.254 e. The minimum absolute atomic E-state index is 0.135. The average Bonchev–Trinajstić information content (AvgIpc) is 3.25. The summed E-state index contributed by atoms with van der Waals surface area (Å²) >= 11 is 0. The molecule has 4 rings (SSSR count). The second kappa shape index (κ2) is 8.45. The standard InChI is InChI=1S/C20H25N5O2/c26-20(17-7-4-14-27-17)21-18-8-9-19(23-22-18)25-12-10-24(11-13-25)15-16-5-2-1-3-6-16/h1-3,5-6,8-9,17H,4,7,10-15H2,(H,21,22,26). The molecule has 1 N–H and O–H groups in total. The summed E-state index contributed by atoms with van der Waals surface area (Å²) in [4.78, 5) is 16.8. The fraction of sp³-hybridized carbons (Fsp3) is 0.450. The number of ether oxygens (including phenoxy) is 1. The predicted molar refractivity (Wildman–Crippen MR) is 104 cm³/mol. The Kier molecular flexibility index (Phi) is 5.60. The monoisotopic (exact) mass is 367 g/mol. The lowest BCUT2D eigenvalue weighted by Crippen LogP contribution is -2.46. The molecule has 1 amide bonds. The van der Waals surface area contributed by atoms with Crippen molar-refractivity contribution in [2.45, 2.75) is 25.5 Å². The summed E-state index contributed by atoms with van der Waals surface area (Å²) in [6, 6.07) is 14.3. The first-order chi connectivity index (χ1) is 13.3. The van der Waals surface area contributed by atoms with Crippen LogP contribution in [0, 0.1) is 0 Å². The van der Waals surface area contributed by atoms with Gasteiger partial charge in [0.2, 0.25) is 0 Å². The van der Waals surface area contributed by atoms with Crippen molar-refractivity contribution in [3.05, 3.63) is 48.0 Å². The van der Waals surface area contributed by atoms with Gasteiger partial charge in [-0.15, -0.1) is 10.2 Å². The van der Waals surface area contributed by atoms with Crippen LogP contribution in [0.3, 0.4) is 0 Å². The highest BCUT2D eigenvalue weighted by atomic mass is 16.5. The number of hydrogen-bond donors (Lipinski definition) is 1. The number of aromatic nitrogens is 2. The second-order valence-corrected chi connectivity index (χ2v) is 7.02. The van der Waals surface area contributed by atoms with E-state index in [1.54, 1.807) is 0 Å². The van der Waals surface area contributed by atoms with Gasteiger partial charge in [0.15, 0.2) is 11.6 Å². The van der Waals surface area contributed by atoms with Gasteiger partial charge < -0.3 is 15.0 Å². The fourth-order valence-corrected chi connectivity index (χ4v) is 3.53. The molecule has 27 heavy (non-hydrogen) atoms. The van der Waals surface area contributed by atoms with E-state index in [0.29, 0.717) is 12.4 Å². The molecule has 2 aliphatic heterocycles. The van der Waals surface area contributed by atoms with Crippen molar-refractivity contribution in [3.63, 3.8) is 0 Å². The molecule has 2 fully saturated rings. The van der Waals surface area contributed by atoms with Gasteiger partial charge >= 0.3 is 0 Å². The van der Waals surface area contributed by atoms with Crippen molar-refractivity contribution >= 4 is 17.5 Å². The molecule has 1 aromatic carbocycles. The molecule has 2 aliphatic rings. The van der Waals surface area contributed by atoms with Crippen LogP contribution in [0.1, 0.15) is 18.4 Å². The van der Waals surface area contributed by atoms with Crippen molar-refractivity contribution in [1.82, 2.24) is 15.1 Å². The lowest BCUT2D eigenvalue weighted by atomic mass is 10.2. The maximum absolute atomic E-state index is 12.1. The van der Waals surface area contributed by atoms with E-state index < -0.39 is 0 Å².